The third kappa shape index (κ3) is 1.76. The largest absolute Gasteiger partial charge is 0.368 e. The molecule has 0 radical (unpaired) electrons. The molecule has 0 aliphatic carbocycles. The maximum atomic E-state index is 11.2. The number of aromatic amines is 1. The van der Waals surface area contributed by atoms with E-state index in [9.17, 15) is 4.79 Å². The van der Waals surface area contributed by atoms with Crippen LogP contribution in [0.2, 0.25) is 0 Å². The summed E-state index contributed by atoms with van der Waals surface area (Å²) < 4.78 is 0. The summed E-state index contributed by atoms with van der Waals surface area (Å²) in [5.41, 5.74) is 5.40. The first-order chi connectivity index (χ1) is 6.75. The first kappa shape index (κ1) is 8.79. The van der Waals surface area contributed by atoms with E-state index in [-0.39, 0.29) is 18.4 Å². The van der Waals surface area contributed by atoms with Gasteiger partial charge in [-0.25, -0.2) is 5.10 Å². The zero-order chi connectivity index (χ0) is 9.97. The summed E-state index contributed by atoms with van der Waals surface area (Å²) in [6.45, 7) is 1.75. The van der Waals surface area contributed by atoms with Crippen molar-refractivity contribution in [3.8, 4) is 0 Å². The fourth-order valence-corrected chi connectivity index (χ4v) is 1.38. The van der Waals surface area contributed by atoms with Gasteiger partial charge in [-0.1, -0.05) is 0 Å². The van der Waals surface area contributed by atoms with E-state index in [0.29, 0.717) is 12.5 Å². The minimum atomic E-state index is -0.00845. The van der Waals surface area contributed by atoms with Gasteiger partial charge in [0.25, 0.3) is 0 Å². The van der Waals surface area contributed by atoms with Gasteiger partial charge in [-0.05, 0) is 6.42 Å². The highest BCUT2D eigenvalue weighted by Gasteiger charge is 2.17. The van der Waals surface area contributed by atoms with Gasteiger partial charge in [0, 0.05) is 13.1 Å². The second-order valence-corrected chi connectivity index (χ2v) is 3.15. The molecule has 1 aromatic rings. The molecule has 7 heteroatoms. The number of carbonyl (C=O) groups is 1. The number of aromatic nitrogens is 3. The van der Waals surface area contributed by atoms with Gasteiger partial charge in [0.1, 0.15) is 0 Å². The highest BCUT2D eigenvalue weighted by atomic mass is 16.2. The van der Waals surface area contributed by atoms with Gasteiger partial charge >= 0.3 is 0 Å². The standard InChI is InChI=1S/C7H12N6O/c8-6-10-7(12-11-6)13-3-1-2-9-5(14)4-13/h1-4H2,(H,9,14)(H3,8,10,11,12). The number of hydrogen-bond acceptors (Lipinski definition) is 5. The lowest BCUT2D eigenvalue weighted by Gasteiger charge is -2.15. The molecule has 7 nitrogen and oxygen atoms in total. The van der Waals surface area contributed by atoms with Crippen LogP contribution in [0.25, 0.3) is 0 Å². The molecule has 1 saturated heterocycles. The van der Waals surface area contributed by atoms with E-state index in [1.165, 1.54) is 0 Å². The monoisotopic (exact) mass is 196 g/mol. The zero-order valence-corrected chi connectivity index (χ0v) is 7.66. The summed E-state index contributed by atoms with van der Waals surface area (Å²) in [4.78, 5) is 17.0. The molecule has 2 heterocycles. The molecular formula is C7H12N6O. The Morgan fingerprint density at radius 2 is 2.36 bits per heavy atom. The summed E-state index contributed by atoms with van der Waals surface area (Å²) in [7, 11) is 0. The molecule has 0 spiro atoms. The molecule has 0 bridgehead atoms. The third-order valence-electron chi connectivity index (χ3n) is 2.04. The van der Waals surface area contributed by atoms with Crippen LogP contribution in [-0.4, -0.2) is 40.7 Å². The van der Waals surface area contributed by atoms with E-state index in [2.05, 4.69) is 20.5 Å². The van der Waals surface area contributed by atoms with Crippen LogP contribution < -0.4 is 16.0 Å². The van der Waals surface area contributed by atoms with Gasteiger partial charge in [-0.3, -0.25) is 4.79 Å². The van der Waals surface area contributed by atoms with Crippen molar-refractivity contribution in [3.63, 3.8) is 0 Å². The van der Waals surface area contributed by atoms with Crippen molar-refractivity contribution in [3.05, 3.63) is 0 Å². The number of nitrogen functional groups attached to an aromatic ring is 1. The van der Waals surface area contributed by atoms with Gasteiger partial charge < -0.3 is 16.0 Å². The highest BCUT2D eigenvalue weighted by molar-refractivity contribution is 5.81. The van der Waals surface area contributed by atoms with Gasteiger partial charge in [0.05, 0.1) is 6.54 Å². The Morgan fingerprint density at radius 3 is 3.07 bits per heavy atom. The summed E-state index contributed by atoms with van der Waals surface area (Å²) in [6, 6.07) is 0. The van der Waals surface area contributed by atoms with Crippen LogP contribution in [-0.2, 0) is 4.79 Å². The quantitative estimate of drug-likeness (QED) is 0.519. The predicted molar refractivity (Wildman–Crippen MR) is 50.6 cm³/mol. The first-order valence-corrected chi connectivity index (χ1v) is 4.45. The number of nitrogens with zero attached hydrogens (tertiary/aromatic N) is 3. The van der Waals surface area contributed by atoms with Crippen molar-refractivity contribution in [2.75, 3.05) is 30.3 Å². The fourth-order valence-electron chi connectivity index (χ4n) is 1.38. The SMILES string of the molecule is Nc1nc(N2CCCNC(=O)C2)n[nH]1. The molecule has 0 saturated carbocycles. The number of hydrogen-bond donors (Lipinski definition) is 3. The molecule has 1 amide bonds. The molecule has 4 N–H and O–H groups in total. The molecule has 1 aliphatic rings. The Labute approximate surface area is 80.7 Å². The summed E-state index contributed by atoms with van der Waals surface area (Å²) in [5.74, 6) is 0.745. The van der Waals surface area contributed by atoms with Crippen LogP contribution in [0.1, 0.15) is 6.42 Å². The molecule has 76 valence electrons. The van der Waals surface area contributed by atoms with E-state index in [1.807, 2.05) is 0 Å². The van der Waals surface area contributed by atoms with Crippen molar-refractivity contribution in [2.45, 2.75) is 6.42 Å². The van der Waals surface area contributed by atoms with Crippen LogP contribution in [0, 0.1) is 0 Å². The average Bonchev–Trinajstić information content (AvgIpc) is 2.45. The van der Waals surface area contributed by atoms with E-state index >= 15 is 0 Å². The molecule has 1 fully saturated rings. The fraction of sp³-hybridized carbons (Fsp3) is 0.571. The maximum Gasteiger partial charge on any atom is 0.246 e. The number of amides is 1. The lowest BCUT2D eigenvalue weighted by molar-refractivity contribution is -0.119. The molecule has 1 aromatic heterocycles. The highest BCUT2D eigenvalue weighted by Crippen LogP contribution is 2.09. The Bertz CT molecular complexity index is 335. The van der Waals surface area contributed by atoms with Crippen molar-refractivity contribution >= 4 is 17.8 Å². The predicted octanol–water partition coefficient (Wildman–Crippen LogP) is -1.29. The van der Waals surface area contributed by atoms with Gasteiger partial charge in [-0.2, -0.15) is 4.98 Å². The molecule has 0 atom stereocenters. The summed E-state index contributed by atoms with van der Waals surface area (Å²) in [6.07, 6.45) is 0.889. The van der Waals surface area contributed by atoms with Crippen molar-refractivity contribution in [2.24, 2.45) is 0 Å². The second-order valence-electron chi connectivity index (χ2n) is 3.15. The number of nitrogens with one attached hydrogen (secondary N) is 2. The Balaban J connectivity index is 2.12. The smallest absolute Gasteiger partial charge is 0.246 e. The molecule has 14 heavy (non-hydrogen) atoms. The number of anilines is 2. The number of nitrogens with two attached hydrogens (primary N) is 1. The number of carbonyl (C=O) groups excluding carboxylic acids is 1. The number of H-pyrrole nitrogens is 1. The van der Waals surface area contributed by atoms with E-state index in [1.54, 1.807) is 4.90 Å². The zero-order valence-electron chi connectivity index (χ0n) is 7.66. The van der Waals surface area contributed by atoms with Gasteiger partial charge in [-0.15, -0.1) is 5.10 Å². The van der Waals surface area contributed by atoms with Crippen LogP contribution >= 0.6 is 0 Å². The van der Waals surface area contributed by atoms with Gasteiger partial charge in [0.15, 0.2) is 0 Å². The number of rotatable bonds is 1. The molecule has 2 rings (SSSR count). The lowest BCUT2D eigenvalue weighted by Crippen LogP contribution is -2.33. The van der Waals surface area contributed by atoms with E-state index in [0.717, 1.165) is 13.0 Å². The summed E-state index contributed by atoms with van der Waals surface area (Å²) in [5, 5.41) is 9.22. The Hall–Kier alpha value is -1.79. The Kier molecular flexibility index (Phi) is 2.21. The Morgan fingerprint density at radius 1 is 1.50 bits per heavy atom. The van der Waals surface area contributed by atoms with Gasteiger partial charge in [0.2, 0.25) is 17.8 Å². The first-order valence-electron chi connectivity index (χ1n) is 4.45. The molecular weight excluding hydrogens is 184 g/mol. The topological polar surface area (TPSA) is 99.9 Å². The third-order valence-corrected chi connectivity index (χ3v) is 2.04. The minimum absolute atomic E-state index is 0.00845. The van der Waals surface area contributed by atoms with Crippen molar-refractivity contribution < 1.29 is 4.79 Å². The van der Waals surface area contributed by atoms with Crippen molar-refractivity contribution in [1.29, 1.82) is 0 Å². The van der Waals surface area contributed by atoms with Crippen LogP contribution in [0.3, 0.4) is 0 Å². The van der Waals surface area contributed by atoms with Crippen LogP contribution in [0.15, 0.2) is 0 Å². The normalized spacial score (nSPS) is 17.7. The molecule has 1 aliphatic heterocycles. The second kappa shape index (κ2) is 3.52. The van der Waals surface area contributed by atoms with Crippen molar-refractivity contribution in [1.82, 2.24) is 20.5 Å². The molecule has 0 aromatic carbocycles. The minimum Gasteiger partial charge on any atom is -0.368 e. The van der Waals surface area contributed by atoms with Crippen LogP contribution in [0.5, 0.6) is 0 Å². The summed E-state index contributed by atoms with van der Waals surface area (Å²) >= 11 is 0. The average molecular weight is 196 g/mol. The van der Waals surface area contributed by atoms with E-state index in [4.69, 9.17) is 5.73 Å². The maximum absolute atomic E-state index is 11.2. The lowest BCUT2D eigenvalue weighted by atomic mass is 10.4. The van der Waals surface area contributed by atoms with Crippen LogP contribution in [0.4, 0.5) is 11.9 Å². The van der Waals surface area contributed by atoms with E-state index < -0.39 is 0 Å². The molecule has 0 unspecified atom stereocenters.